The molecule has 20 heavy (non-hydrogen) atoms. The zero-order valence-corrected chi connectivity index (χ0v) is 13.3. The molecule has 1 atom stereocenters. The highest BCUT2D eigenvalue weighted by Crippen LogP contribution is 2.20. The van der Waals surface area contributed by atoms with Crippen molar-refractivity contribution in [3.63, 3.8) is 0 Å². The molecule has 1 fully saturated rings. The lowest BCUT2D eigenvalue weighted by Gasteiger charge is -2.34. The van der Waals surface area contributed by atoms with Crippen molar-refractivity contribution in [1.29, 1.82) is 0 Å². The van der Waals surface area contributed by atoms with Crippen LogP contribution in [-0.2, 0) is 4.79 Å². The first-order valence-corrected chi connectivity index (χ1v) is 7.81. The van der Waals surface area contributed by atoms with Crippen molar-refractivity contribution in [1.82, 2.24) is 4.90 Å². The Kier molecular flexibility index (Phi) is 5.57. The summed E-state index contributed by atoms with van der Waals surface area (Å²) in [4.78, 5) is 14.4. The van der Waals surface area contributed by atoms with E-state index in [4.69, 9.17) is 5.11 Å². The van der Waals surface area contributed by atoms with Crippen LogP contribution in [0.5, 0.6) is 0 Å². The van der Waals surface area contributed by atoms with E-state index in [9.17, 15) is 4.79 Å². The average molecular weight is 341 g/mol. The van der Waals surface area contributed by atoms with E-state index in [1.807, 2.05) is 31.2 Å². The predicted octanol–water partition coefficient (Wildman–Crippen LogP) is 2.48. The molecule has 110 valence electrons. The smallest absolute Gasteiger partial charge is 0.241 e. The Balaban J connectivity index is 1.89. The molecule has 2 N–H and O–H groups in total. The highest BCUT2D eigenvalue weighted by Gasteiger charge is 2.26. The number of carbonyl (C=O) groups excluding carboxylic acids is 1. The van der Waals surface area contributed by atoms with Gasteiger partial charge in [-0.15, -0.1) is 0 Å². The lowest BCUT2D eigenvalue weighted by atomic mass is 9.97. The number of hydrogen-bond acceptors (Lipinski definition) is 3. The van der Waals surface area contributed by atoms with Crippen molar-refractivity contribution in [2.75, 3.05) is 25.0 Å². The van der Waals surface area contributed by atoms with Crippen LogP contribution >= 0.6 is 15.9 Å². The van der Waals surface area contributed by atoms with Crippen molar-refractivity contribution < 1.29 is 9.90 Å². The van der Waals surface area contributed by atoms with Crippen molar-refractivity contribution in [3.05, 3.63) is 28.7 Å². The standard InChI is InChI=1S/C15H21BrN2O2/c1-11(18-7-5-12(10-19)6-8-18)15(20)17-14-4-2-3-13(16)9-14/h2-4,9,11-12,19H,5-8,10H2,1H3,(H,17,20). The minimum Gasteiger partial charge on any atom is -0.396 e. The lowest BCUT2D eigenvalue weighted by molar-refractivity contribution is -0.121. The maximum atomic E-state index is 12.3. The van der Waals surface area contributed by atoms with Gasteiger partial charge in [0.15, 0.2) is 0 Å². The molecule has 0 saturated carbocycles. The van der Waals surface area contributed by atoms with E-state index < -0.39 is 0 Å². The molecule has 0 aliphatic carbocycles. The van der Waals surface area contributed by atoms with E-state index in [2.05, 4.69) is 26.1 Å². The number of piperidine rings is 1. The van der Waals surface area contributed by atoms with Gasteiger partial charge in [0, 0.05) is 16.8 Å². The molecule has 0 bridgehead atoms. The maximum absolute atomic E-state index is 12.3. The van der Waals surface area contributed by atoms with Crippen LogP contribution in [0.1, 0.15) is 19.8 Å². The van der Waals surface area contributed by atoms with Gasteiger partial charge >= 0.3 is 0 Å². The molecule has 1 saturated heterocycles. The van der Waals surface area contributed by atoms with E-state index in [1.165, 1.54) is 0 Å². The first-order chi connectivity index (χ1) is 9.60. The summed E-state index contributed by atoms with van der Waals surface area (Å²) in [5.74, 6) is 0.414. The Bertz CT molecular complexity index is 459. The molecule has 0 aromatic heterocycles. The van der Waals surface area contributed by atoms with Crippen LogP contribution in [0.25, 0.3) is 0 Å². The van der Waals surface area contributed by atoms with Gasteiger partial charge in [0.1, 0.15) is 0 Å². The fraction of sp³-hybridized carbons (Fsp3) is 0.533. The molecule has 1 heterocycles. The maximum Gasteiger partial charge on any atom is 0.241 e. The molecular weight excluding hydrogens is 320 g/mol. The molecule has 5 heteroatoms. The average Bonchev–Trinajstić information content (AvgIpc) is 2.46. The van der Waals surface area contributed by atoms with Crippen LogP contribution in [0.3, 0.4) is 0 Å². The Morgan fingerprint density at radius 1 is 1.50 bits per heavy atom. The van der Waals surface area contributed by atoms with Crippen LogP contribution in [0.15, 0.2) is 28.7 Å². The molecule has 1 aromatic rings. The summed E-state index contributed by atoms with van der Waals surface area (Å²) < 4.78 is 0.951. The van der Waals surface area contributed by atoms with Gasteiger partial charge in [0.25, 0.3) is 0 Å². The number of benzene rings is 1. The summed E-state index contributed by atoms with van der Waals surface area (Å²) in [6.45, 7) is 3.94. The first kappa shape index (κ1) is 15.5. The highest BCUT2D eigenvalue weighted by atomic mass is 79.9. The topological polar surface area (TPSA) is 52.6 Å². The number of rotatable bonds is 4. The van der Waals surface area contributed by atoms with E-state index in [0.717, 1.165) is 36.1 Å². The first-order valence-electron chi connectivity index (χ1n) is 7.01. The lowest BCUT2D eigenvalue weighted by Crippen LogP contribution is -2.46. The SMILES string of the molecule is CC(C(=O)Nc1cccc(Br)c1)N1CCC(CO)CC1. The number of aliphatic hydroxyl groups is 1. The number of likely N-dealkylation sites (tertiary alicyclic amines) is 1. The van der Waals surface area contributed by atoms with E-state index >= 15 is 0 Å². The summed E-state index contributed by atoms with van der Waals surface area (Å²) in [5.41, 5.74) is 0.807. The fourth-order valence-corrected chi connectivity index (χ4v) is 2.90. The Morgan fingerprint density at radius 2 is 2.20 bits per heavy atom. The molecule has 0 radical (unpaired) electrons. The number of amides is 1. The van der Waals surface area contributed by atoms with Crippen LogP contribution in [0.2, 0.25) is 0 Å². The number of nitrogens with zero attached hydrogens (tertiary/aromatic N) is 1. The molecule has 4 nitrogen and oxygen atoms in total. The van der Waals surface area contributed by atoms with Crippen LogP contribution < -0.4 is 5.32 Å². The fourth-order valence-electron chi connectivity index (χ4n) is 2.50. The summed E-state index contributed by atoms with van der Waals surface area (Å²) in [6, 6.07) is 7.46. The van der Waals surface area contributed by atoms with Gasteiger partial charge < -0.3 is 10.4 Å². The van der Waals surface area contributed by atoms with Gasteiger partial charge in [-0.2, -0.15) is 0 Å². The van der Waals surface area contributed by atoms with Crippen molar-refractivity contribution in [3.8, 4) is 0 Å². The summed E-state index contributed by atoms with van der Waals surface area (Å²) >= 11 is 3.39. The molecule has 0 spiro atoms. The molecule has 1 amide bonds. The third kappa shape index (κ3) is 4.04. The number of carbonyl (C=O) groups is 1. The third-order valence-electron chi connectivity index (χ3n) is 3.93. The van der Waals surface area contributed by atoms with Gasteiger partial charge in [0.2, 0.25) is 5.91 Å². The second-order valence-electron chi connectivity index (χ2n) is 5.34. The number of hydrogen-bond donors (Lipinski definition) is 2. The van der Waals surface area contributed by atoms with E-state index in [-0.39, 0.29) is 18.6 Å². The molecular formula is C15H21BrN2O2. The van der Waals surface area contributed by atoms with Crippen LogP contribution in [-0.4, -0.2) is 41.7 Å². The Hall–Kier alpha value is -0.910. The van der Waals surface area contributed by atoms with Gasteiger partial charge in [-0.1, -0.05) is 22.0 Å². The Morgan fingerprint density at radius 3 is 2.80 bits per heavy atom. The normalized spacial score (nSPS) is 18.8. The predicted molar refractivity (Wildman–Crippen MR) is 83.6 cm³/mol. The van der Waals surface area contributed by atoms with Crippen molar-refractivity contribution in [2.24, 2.45) is 5.92 Å². The van der Waals surface area contributed by atoms with E-state index in [1.54, 1.807) is 0 Å². The minimum atomic E-state index is -0.145. The molecule has 2 rings (SSSR count). The summed E-state index contributed by atoms with van der Waals surface area (Å²) in [5, 5.41) is 12.1. The Labute approximate surface area is 128 Å². The second kappa shape index (κ2) is 7.20. The third-order valence-corrected chi connectivity index (χ3v) is 4.42. The van der Waals surface area contributed by atoms with Crippen molar-refractivity contribution in [2.45, 2.75) is 25.8 Å². The molecule has 1 unspecified atom stereocenters. The second-order valence-corrected chi connectivity index (χ2v) is 6.25. The van der Waals surface area contributed by atoms with Crippen LogP contribution in [0.4, 0.5) is 5.69 Å². The highest BCUT2D eigenvalue weighted by molar-refractivity contribution is 9.10. The molecule has 1 aliphatic heterocycles. The zero-order chi connectivity index (χ0) is 14.5. The van der Waals surface area contributed by atoms with Gasteiger partial charge in [-0.3, -0.25) is 9.69 Å². The molecule has 1 aliphatic rings. The summed E-state index contributed by atoms with van der Waals surface area (Å²) in [6.07, 6.45) is 1.93. The van der Waals surface area contributed by atoms with Gasteiger partial charge in [-0.25, -0.2) is 0 Å². The number of halogens is 1. The van der Waals surface area contributed by atoms with Crippen LogP contribution in [0, 0.1) is 5.92 Å². The van der Waals surface area contributed by atoms with Crippen molar-refractivity contribution >= 4 is 27.5 Å². The zero-order valence-electron chi connectivity index (χ0n) is 11.7. The number of nitrogens with one attached hydrogen (secondary N) is 1. The monoisotopic (exact) mass is 340 g/mol. The quantitative estimate of drug-likeness (QED) is 0.885. The minimum absolute atomic E-state index is 0.0190. The molecule has 1 aromatic carbocycles. The van der Waals surface area contributed by atoms with Gasteiger partial charge in [0.05, 0.1) is 6.04 Å². The summed E-state index contributed by atoms with van der Waals surface area (Å²) in [7, 11) is 0. The number of aliphatic hydroxyl groups excluding tert-OH is 1. The number of anilines is 1. The van der Waals surface area contributed by atoms with E-state index in [0.29, 0.717) is 5.92 Å². The van der Waals surface area contributed by atoms with Gasteiger partial charge in [-0.05, 0) is 57.0 Å². The largest absolute Gasteiger partial charge is 0.396 e.